The Morgan fingerprint density at radius 1 is 1.11 bits per heavy atom. The Kier molecular flexibility index (Phi) is 4.52. The molecule has 0 atom stereocenters. The van der Waals surface area contributed by atoms with Crippen LogP contribution in [0, 0.1) is 6.07 Å². The Morgan fingerprint density at radius 3 is 2.50 bits per heavy atom. The normalized spacial score (nSPS) is 9.94. The summed E-state index contributed by atoms with van der Waals surface area (Å²) in [7, 11) is 6.70. The molecule has 0 bridgehead atoms. The average Bonchev–Trinajstić information content (AvgIpc) is 2.80. The van der Waals surface area contributed by atoms with Crippen LogP contribution >= 0.6 is 9.64 Å². The van der Waals surface area contributed by atoms with E-state index in [-0.39, 0.29) is 0 Å². The first kappa shape index (κ1) is 13.3. The van der Waals surface area contributed by atoms with Crippen LogP contribution in [0.2, 0.25) is 0 Å². The number of para-hydroxylation sites is 2. The second kappa shape index (κ2) is 6.14. The number of fused-ring (bicyclic) bond motifs is 1. The van der Waals surface area contributed by atoms with Crippen molar-refractivity contribution in [1.29, 1.82) is 0 Å². The third kappa shape index (κ3) is 2.48. The molecule has 0 spiro atoms. The molecule has 3 aromatic rings. The number of halogens is 1. The first-order chi connectivity index (χ1) is 8.86. The van der Waals surface area contributed by atoms with Crippen LogP contribution in [0.25, 0.3) is 22.4 Å². The molecule has 18 heavy (non-hydrogen) atoms. The molecule has 0 fully saturated rings. The molecule has 2 nitrogen and oxygen atoms in total. The summed E-state index contributed by atoms with van der Waals surface area (Å²) < 4.78 is 2.10. The van der Waals surface area contributed by atoms with E-state index in [1.165, 1.54) is 17.6 Å². The second-order valence-electron chi connectivity index (χ2n) is 3.76. The fourth-order valence-corrected chi connectivity index (χ4v) is 1.92. The molecule has 0 saturated carbocycles. The predicted molar refractivity (Wildman–Crippen MR) is 70.8 cm³/mol. The van der Waals surface area contributed by atoms with Crippen molar-refractivity contribution >= 4 is 20.7 Å². The van der Waals surface area contributed by atoms with Gasteiger partial charge in [-0.05, 0) is 12.1 Å². The molecule has 0 aliphatic carbocycles. The number of aryl methyl sites for hydroxylation is 1. The number of benzene rings is 2. The Balaban J connectivity index is 0.000000574. The molecule has 0 unspecified atom stereocenters. The van der Waals surface area contributed by atoms with Crippen molar-refractivity contribution < 1.29 is 17.6 Å². The molecule has 1 heterocycles. The van der Waals surface area contributed by atoms with Gasteiger partial charge in [0.2, 0.25) is 0 Å². The molecule has 93 valence electrons. The van der Waals surface area contributed by atoms with Crippen LogP contribution < -0.4 is 0 Å². The standard InChI is InChI=1S/C14H11N2.ClH.Os/c1-16-13-10-6-5-9-12(13)15-14(16)11-7-3-2-4-8-11;;/h2-7,9-10H,1H3;1H;/q-1;;+1/p-1. The van der Waals surface area contributed by atoms with E-state index in [0.29, 0.717) is 0 Å². The van der Waals surface area contributed by atoms with Gasteiger partial charge in [0.25, 0.3) is 0 Å². The third-order valence-corrected chi connectivity index (χ3v) is 2.74. The van der Waals surface area contributed by atoms with Crippen LogP contribution in [-0.4, -0.2) is 9.55 Å². The summed E-state index contributed by atoms with van der Waals surface area (Å²) in [5, 5.41) is 0. The number of imidazole rings is 1. The van der Waals surface area contributed by atoms with Gasteiger partial charge in [0.1, 0.15) is 0 Å². The van der Waals surface area contributed by atoms with E-state index >= 15 is 0 Å². The van der Waals surface area contributed by atoms with Gasteiger partial charge in [-0.2, -0.15) is 0 Å². The molecule has 4 heteroatoms. The van der Waals surface area contributed by atoms with Crippen LogP contribution in [0.4, 0.5) is 0 Å². The molecule has 0 N–H and O–H groups in total. The molecule has 0 saturated heterocycles. The molecule has 3 rings (SSSR count). The minimum absolute atomic E-state index is 0.960. The fourth-order valence-electron chi connectivity index (χ4n) is 1.92. The zero-order valence-electron chi connectivity index (χ0n) is 9.74. The summed E-state index contributed by atoms with van der Waals surface area (Å²) in [6.07, 6.45) is 0. The quantitative estimate of drug-likeness (QED) is 0.536. The fraction of sp³-hybridized carbons (Fsp3) is 0.0714. The number of rotatable bonds is 1. The zero-order chi connectivity index (χ0) is 13.0. The number of nitrogens with zero attached hydrogens (tertiary/aromatic N) is 2. The van der Waals surface area contributed by atoms with E-state index in [9.17, 15) is 0 Å². The molecular weight excluding hydrogens is 422 g/mol. The summed E-state index contributed by atoms with van der Waals surface area (Å²) in [4.78, 5) is 4.61. The maximum absolute atomic E-state index is 4.67. The zero-order valence-corrected chi connectivity index (χ0v) is 13.0. The Morgan fingerprint density at radius 2 is 1.83 bits per heavy atom. The van der Waals surface area contributed by atoms with Crippen molar-refractivity contribution in [3.8, 4) is 11.4 Å². The minimum atomic E-state index is 0.960. The summed E-state index contributed by atoms with van der Waals surface area (Å²) in [5.74, 6) is 0.960. The molecule has 0 aliphatic rings. The molecule has 2 aromatic carbocycles. The van der Waals surface area contributed by atoms with E-state index < -0.39 is 0 Å². The Labute approximate surface area is 121 Å². The predicted octanol–water partition coefficient (Wildman–Crippen LogP) is 3.73. The molecule has 0 amide bonds. The van der Waals surface area contributed by atoms with Crippen LogP contribution in [0.1, 0.15) is 0 Å². The van der Waals surface area contributed by atoms with Crippen LogP contribution in [0.15, 0.2) is 48.5 Å². The molecule has 0 radical (unpaired) electrons. The topological polar surface area (TPSA) is 17.8 Å². The van der Waals surface area contributed by atoms with Crippen LogP contribution in [0.5, 0.6) is 0 Å². The Hall–Kier alpha value is -1.16. The summed E-state index contributed by atoms with van der Waals surface area (Å²) in [6, 6.07) is 19.3. The van der Waals surface area contributed by atoms with Gasteiger partial charge in [-0.3, -0.25) is 4.98 Å². The summed E-state index contributed by atoms with van der Waals surface area (Å²) in [5.41, 5.74) is 3.20. The van der Waals surface area contributed by atoms with Gasteiger partial charge in [-0.1, -0.05) is 12.1 Å². The van der Waals surface area contributed by atoms with Gasteiger partial charge in [0.05, 0.1) is 16.9 Å². The molecule has 1 aromatic heterocycles. The number of hydrogen-bond donors (Lipinski definition) is 0. The van der Waals surface area contributed by atoms with Crippen LogP contribution in [-0.2, 0) is 24.6 Å². The van der Waals surface area contributed by atoms with Crippen molar-refractivity contribution in [1.82, 2.24) is 9.55 Å². The van der Waals surface area contributed by atoms with Gasteiger partial charge in [0.15, 0.2) is 0 Å². The first-order valence-electron chi connectivity index (χ1n) is 5.38. The first-order valence-corrected chi connectivity index (χ1v) is 8.53. The van der Waals surface area contributed by atoms with Gasteiger partial charge >= 0.3 is 27.2 Å². The van der Waals surface area contributed by atoms with Gasteiger partial charge in [-0.15, -0.1) is 35.9 Å². The van der Waals surface area contributed by atoms with Crippen molar-refractivity contribution in [2.75, 3.05) is 0 Å². The summed E-state index contributed by atoms with van der Waals surface area (Å²) >= 11 is 1.33. The average molecular weight is 433 g/mol. The van der Waals surface area contributed by atoms with Crippen molar-refractivity contribution in [3.63, 3.8) is 0 Å². The van der Waals surface area contributed by atoms with E-state index in [2.05, 4.69) is 31.3 Å². The molecular formula is C14H11ClN2Os-. The maximum atomic E-state index is 4.67. The summed E-state index contributed by atoms with van der Waals surface area (Å²) in [6.45, 7) is 0. The van der Waals surface area contributed by atoms with Gasteiger partial charge in [-0.25, -0.2) is 0 Å². The molecule has 0 aliphatic heterocycles. The van der Waals surface area contributed by atoms with Gasteiger partial charge < -0.3 is 4.57 Å². The Bertz CT molecular complexity index is 635. The van der Waals surface area contributed by atoms with Gasteiger partial charge in [0, 0.05) is 7.05 Å². The third-order valence-electron chi connectivity index (χ3n) is 2.74. The van der Waals surface area contributed by atoms with E-state index in [4.69, 9.17) is 0 Å². The van der Waals surface area contributed by atoms with Crippen molar-refractivity contribution in [2.45, 2.75) is 0 Å². The van der Waals surface area contributed by atoms with E-state index in [0.717, 1.165) is 22.4 Å². The number of hydrogen-bond acceptors (Lipinski definition) is 1. The van der Waals surface area contributed by atoms with E-state index in [1.807, 2.05) is 49.5 Å². The van der Waals surface area contributed by atoms with Crippen molar-refractivity contribution in [3.05, 3.63) is 54.6 Å². The monoisotopic (exact) mass is 434 g/mol. The SMILES string of the molecule is Cn1c(-c2[c-]cccc2)nc2ccccc21.[Cl][Os]. The van der Waals surface area contributed by atoms with E-state index in [1.54, 1.807) is 0 Å². The van der Waals surface area contributed by atoms with Crippen molar-refractivity contribution in [2.24, 2.45) is 7.05 Å². The second-order valence-corrected chi connectivity index (χ2v) is 3.76. The number of aromatic nitrogens is 2. The van der Waals surface area contributed by atoms with Crippen LogP contribution in [0.3, 0.4) is 0 Å².